The zero-order chi connectivity index (χ0) is 13.8. The van der Waals surface area contributed by atoms with Crippen LogP contribution in [0.3, 0.4) is 0 Å². The topological polar surface area (TPSA) is 79.4 Å². The highest BCUT2D eigenvalue weighted by molar-refractivity contribution is 6.02. The molecule has 1 aliphatic rings. The standard InChI is InChI=1S/C13H15N3O3/c1-9(8-17)16(11-4-2-3-7-14-11)13(19)10-5-6-12(18)15-10/h2-4,7-10H,5-6H2,1H3,(H,15,18)/t9-,10-/m0/s1. The maximum Gasteiger partial charge on any atom is 0.251 e. The van der Waals surface area contributed by atoms with Crippen LogP contribution in [0.1, 0.15) is 19.8 Å². The minimum absolute atomic E-state index is 0.141. The first-order valence-electron chi connectivity index (χ1n) is 6.12. The summed E-state index contributed by atoms with van der Waals surface area (Å²) in [6, 6.07) is 3.94. The number of anilines is 1. The van der Waals surface area contributed by atoms with Gasteiger partial charge >= 0.3 is 0 Å². The van der Waals surface area contributed by atoms with Crippen LogP contribution in [0.25, 0.3) is 0 Å². The van der Waals surface area contributed by atoms with Gasteiger partial charge < -0.3 is 10.1 Å². The number of nitrogens with one attached hydrogen (secondary N) is 1. The van der Waals surface area contributed by atoms with Gasteiger partial charge in [0.15, 0.2) is 0 Å². The first-order chi connectivity index (χ1) is 9.13. The van der Waals surface area contributed by atoms with Crippen LogP contribution in [0, 0.1) is 0 Å². The second-order valence-corrected chi connectivity index (χ2v) is 4.43. The van der Waals surface area contributed by atoms with Gasteiger partial charge in [0.2, 0.25) is 5.91 Å². The van der Waals surface area contributed by atoms with Crippen LogP contribution in [-0.2, 0) is 14.4 Å². The lowest BCUT2D eigenvalue weighted by Gasteiger charge is -2.27. The number of carbonyl (C=O) groups is 3. The average molecular weight is 261 g/mol. The van der Waals surface area contributed by atoms with Crippen LogP contribution in [0.4, 0.5) is 5.82 Å². The Morgan fingerprint density at radius 2 is 2.37 bits per heavy atom. The van der Waals surface area contributed by atoms with Crippen molar-refractivity contribution in [1.82, 2.24) is 10.3 Å². The minimum atomic E-state index is -0.625. The van der Waals surface area contributed by atoms with Gasteiger partial charge in [0.1, 0.15) is 18.1 Å². The third-order valence-electron chi connectivity index (χ3n) is 3.03. The molecule has 1 aromatic heterocycles. The van der Waals surface area contributed by atoms with E-state index in [1.165, 1.54) is 4.90 Å². The second-order valence-electron chi connectivity index (χ2n) is 4.43. The number of carbonyl (C=O) groups excluding carboxylic acids is 3. The quantitative estimate of drug-likeness (QED) is 0.790. The van der Waals surface area contributed by atoms with Crippen molar-refractivity contribution >= 4 is 23.9 Å². The maximum absolute atomic E-state index is 12.4. The summed E-state index contributed by atoms with van der Waals surface area (Å²) in [5.41, 5.74) is 0. The van der Waals surface area contributed by atoms with Crippen molar-refractivity contribution in [2.45, 2.75) is 31.8 Å². The number of pyridine rings is 1. The number of hydrogen-bond donors (Lipinski definition) is 1. The SMILES string of the molecule is C[C@@H](C=O)N(C(=O)[C@@H]1CCC(=O)N1)c1ccccn1. The summed E-state index contributed by atoms with van der Waals surface area (Å²) < 4.78 is 0. The fourth-order valence-electron chi connectivity index (χ4n) is 2.05. The molecule has 6 heteroatoms. The third-order valence-corrected chi connectivity index (χ3v) is 3.03. The highest BCUT2D eigenvalue weighted by Crippen LogP contribution is 2.17. The van der Waals surface area contributed by atoms with Crippen molar-refractivity contribution in [3.63, 3.8) is 0 Å². The van der Waals surface area contributed by atoms with Crippen molar-refractivity contribution in [1.29, 1.82) is 0 Å². The lowest BCUT2D eigenvalue weighted by atomic mass is 10.1. The molecule has 1 N–H and O–H groups in total. The Balaban J connectivity index is 2.25. The number of aldehydes is 1. The molecule has 0 spiro atoms. The van der Waals surface area contributed by atoms with Gasteiger partial charge in [-0.1, -0.05) is 6.07 Å². The van der Waals surface area contributed by atoms with E-state index in [1.807, 2.05) is 0 Å². The molecule has 0 aliphatic carbocycles. The largest absolute Gasteiger partial charge is 0.344 e. The Kier molecular flexibility index (Phi) is 3.89. The van der Waals surface area contributed by atoms with Crippen molar-refractivity contribution in [2.75, 3.05) is 4.90 Å². The predicted octanol–water partition coefficient (Wildman–Crippen LogP) is 0.281. The highest BCUT2D eigenvalue weighted by Gasteiger charge is 2.33. The van der Waals surface area contributed by atoms with Crippen LogP contribution in [-0.4, -0.2) is 35.2 Å². The van der Waals surface area contributed by atoms with Gasteiger partial charge in [-0.2, -0.15) is 0 Å². The van der Waals surface area contributed by atoms with Gasteiger partial charge in [-0.25, -0.2) is 4.98 Å². The van der Waals surface area contributed by atoms with E-state index in [2.05, 4.69) is 10.3 Å². The third kappa shape index (κ3) is 2.78. The molecule has 2 atom stereocenters. The van der Waals surface area contributed by atoms with Crippen molar-refractivity contribution in [2.24, 2.45) is 0 Å². The van der Waals surface area contributed by atoms with Crippen LogP contribution in [0.2, 0.25) is 0 Å². The molecule has 100 valence electrons. The Bertz CT molecular complexity index is 489. The normalized spacial score (nSPS) is 19.6. The monoisotopic (exact) mass is 261 g/mol. The van der Waals surface area contributed by atoms with E-state index in [0.29, 0.717) is 24.9 Å². The summed E-state index contributed by atoms with van der Waals surface area (Å²) in [6.45, 7) is 1.62. The van der Waals surface area contributed by atoms with E-state index >= 15 is 0 Å². The molecule has 1 aliphatic heterocycles. The number of amides is 2. The zero-order valence-electron chi connectivity index (χ0n) is 10.6. The molecule has 2 heterocycles. The van der Waals surface area contributed by atoms with Gasteiger partial charge in [0, 0.05) is 12.6 Å². The molecule has 6 nitrogen and oxygen atoms in total. The van der Waals surface area contributed by atoms with Gasteiger partial charge in [-0.05, 0) is 25.5 Å². The van der Waals surface area contributed by atoms with Crippen LogP contribution < -0.4 is 10.2 Å². The van der Waals surface area contributed by atoms with Crippen LogP contribution in [0.5, 0.6) is 0 Å². The molecule has 19 heavy (non-hydrogen) atoms. The maximum atomic E-state index is 12.4. The molecule has 0 aromatic carbocycles. The number of nitrogens with zero attached hydrogens (tertiary/aromatic N) is 2. The van der Waals surface area contributed by atoms with Gasteiger partial charge in [0.05, 0.1) is 6.04 Å². The average Bonchev–Trinajstić information content (AvgIpc) is 2.86. The smallest absolute Gasteiger partial charge is 0.251 e. The van der Waals surface area contributed by atoms with E-state index in [1.54, 1.807) is 31.3 Å². The summed E-state index contributed by atoms with van der Waals surface area (Å²) in [4.78, 5) is 40.0. The van der Waals surface area contributed by atoms with E-state index in [9.17, 15) is 14.4 Å². The Labute approximate surface area is 110 Å². The lowest BCUT2D eigenvalue weighted by molar-refractivity contribution is -0.125. The molecule has 0 saturated carbocycles. The van der Waals surface area contributed by atoms with E-state index in [4.69, 9.17) is 0 Å². The minimum Gasteiger partial charge on any atom is -0.344 e. The Morgan fingerprint density at radius 3 is 2.89 bits per heavy atom. The van der Waals surface area contributed by atoms with E-state index in [0.717, 1.165) is 0 Å². The van der Waals surface area contributed by atoms with E-state index < -0.39 is 12.1 Å². The van der Waals surface area contributed by atoms with Gasteiger partial charge in [-0.3, -0.25) is 14.5 Å². The molecular formula is C13H15N3O3. The molecule has 1 saturated heterocycles. The molecule has 2 amide bonds. The second kappa shape index (κ2) is 5.60. The van der Waals surface area contributed by atoms with Gasteiger partial charge in [-0.15, -0.1) is 0 Å². The molecule has 2 rings (SSSR count). The Morgan fingerprint density at radius 1 is 1.58 bits per heavy atom. The fraction of sp³-hybridized carbons (Fsp3) is 0.385. The summed E-state index contributed by atoms with van der Waals surface area (Å²) in [6.07, 6.45) is 3.03. The predicted molar refractivity (Wildman–Crippen MR) is 68.4 cm³/mol. The molecular weight excluding hydrogens is 246 g/mol. The van der Waals surface area contributed by atoms with Gasteiger partial charge in [0.25, 0.3) is 5.91 Å². The van der Waals surface area contributed by atoms with Crippen molar-refractivity contribution in [3.05, 3.63) is 24.4 Å². The number of rotatable bonds is 4. The molecule has 0 radical (unpaired) electrons. The van der Waals surface area contributed by atoms with Crippen molar-refractivity contribution < 1.29 is 14.4 Å². The number of aromatic nitrogens is 1. The summed E-state index contributed by atoms with van der Waals surface area (Å²) in [5, 5.41) is 2.61. The zero-order valence-corrected chi connectivity index (χ0v) is 10.6. The molecule has 0 unspecified atom stereocenters. The van der Waals surface area contributed by atoms with E-state index in [-0.39, 0.29) is 11.8 Å². The van der Waals surface area contributed by atoms with Crippen LogP contribution in [0.15, 0.2) is 24.4 Å². The first kappa shape index (κ1) is 13.2. The Hall–Kier alpha value is -2.24. The lowest BCUT2D eigenvalue weighted by Crippen LogP contribution is -2.49. The molecule has 0 bridgehead atoms. The summed E-state index contributed by atoms with van der Waals surface area (Å²) in [7, 11) is 0. The first-order valence-corrected chi connectivity index (χ1v) is 6.12. The molecule has 1 aromatic rings. The highest BCUT2D eigenvalue weighted by atomic mass is 16.2. The summed E-state index contributed by atoms with van der Waals surface area (Å²) >= 11 is 0. The molecule has 1 fully saturated rings. The number of hydrogen-bond acceptors (Lipinski definition) is 4. The fourth-order valence-corrected chi connectivity index (χ4v) is 2.05. The summed E-state index contributed by atoms with van der Waals surface area (Å²) in [5.74, 6) is -0.0320. The van der Waals surface area contributed by atoms with Crippen molar-refractivity contribution in [3.8, 4) is 0 Å². The van der Waals surface area contributed by atoms with Crippen LogP contribution >= 0.6 is 0 Å².